The Kier molecular flexibility index (Phi) is 6.96. The first-order chi connectivity index (χ1) is 10.6. The Morgan fingerprint density at radius 2 is 2.09 bits per heavy atom. The largest absolute Gasteiger partial charge is 0.444 e. The molecule has 128 valence electrons. The number of hydrogen-bond acceptors (Lipinski definition) is 5. The van der Waals surface area contributed by atoms with Crippen LogP contribution in [0.2, 0.25) is 0 Å². The first kappa shape index (κ1) is 19.4. The zero-order valence-corrected chi connectivity index (χ0v) is 15.3. The molecular formula is C15H22BrN3O4. The molecule has 0 aliphatic rings. The quantitative estimate of drug-likeness (QED) is 0.576. The lowest BCUT2D eigenvalue weighted by atomic mass is 10.2. The Morgan fingerprint density at radius 1 is 1.43 bits per heavy atom. The van der Waals surface area contributed by atoms with Crippen molar-refractivity contribution in [2.24, 2.45) is 0 Å². The van der Waals surface area contributed by atoms with Crippen molar-refractivity contribution >= 4 is 27.7 Å². The van der Waals surface area contributed by atoms with Crippen LogP contribution in [0.15, 0.2) is 22.7 Å². The van der Waals surface area contributed by atoms with Gasteiger partial charge in [-0.05, 0) is 39.8 Å². The summed E-state index contributed by atoms with van der Waals surface area (Å²) in [4.78, 5) is 22.2. The van der Waals surface area contributed by atoms with E-state index in [0.29, 0.717) is 18.7 Å². The van der Waals surface area contributed by atoms with Crippen LogP contribution in [0.4, 0.5) is 10.5 Å². The van der Waals surface area contributed by atoms with E-state index >= 15 is 0 Å². The van der Waals surface area contributed by atoms with Gasteiger partial charge in [-0.2, -0.15) is 0 Å². The summed E-state index contributed by atoms with van der Waals surface area (Å²) in [5.41, 5.74) is 0.0936. The minimum atomic E-state index is -0.547. The van der Waals surface area contributed by atoms with Crippen LogP contribution in [0.5, 0.6) is 0 Å². The molecule has 1 unspecified atom stereocenters. The lowest BCUT2D eigenvalue weighted by Crippen LogP contribution is -2.42. The van der Waals surface area contributed by atoms with E-state index in [2.05, 4.69) is 26.6 Å². The van der Waals surface area contributed by atoms with E-state index in [-0.39, 0.29) is 11.7 Å². The number of carbonyl (C=O) groups is 1. The molecule has 0 aliphatic heterocycles. The lowest BCUT2D eigenvalue weighted by Gasteiger charge is -2.22. The first-order valence-corrected chi connectivity index (χ1v) is 8.01. The van der Waals surface area contributed by atoms with E-state index in [1.165, 1.54) is 6.07 Å². The molecule has 0 fully saturated rings. The van der Waals surface area contributed by atoms with Gasteiger partial charge in [-0.25, -0.2) is 4.79 Å². The monoisotopic (exact) mass is 387 g/mol. The normalized spacial score (nSPS) is 12.6. The lowest BCUT2D eigenvalue weighted by molar-refractivity contribution is -0.385. The molecule has 0 heterocycles. The average Bonchev–Trinajstić information content (AvgIpc) is 2.35. The summed E-state index contributed by atoms with van der Waals surface area (Å²) in [6.45, 7) is 8.00. The number of alkyl carbamates (subject to hydrolysis) is 1. The number of nitro benzene ring substituents is 1. The Hall–Kier alpha value is -1.67. The zero-order valence-electron chi connectivity index (χ0n) is 13.7. The Balaban J connectivity index is 2.49. The molecular weight excluding hydrogens is 366 g/mol. The van der Waals surface area contributed by atoms with Crippen LogP contribution in [-0.4, -0.2) is 29.2 Å². The maximum atomic E-state index is 11.6. The minimum absolute atomic E-state index is 0.0634. The van der Waals surface area contributed by atoms with Crippen molar-refractivity contribution in [2.75, 3.05) is 6.54 Å². The van der Waals surface area contributed by atoms with Crippen LogP contribution in [0.1, 0.15) is 33.3 Å². The second-order valence-corrected chi connectivity index (χ2v) is 7.12. The molecule has 0 aliphatic carbocycles. The van der Waals surface area contributed by atoms with Gasteiger partial charge in [0, 0.05) is 35.2 Å². The number of halogens is 1. The number of hydrogen-bond donors (Lipinski definition) is 2. The molecule has 0 aromatic heterocycles. The molecule has 1 aromatic rings. The van der Waals surface area contributed by atoms with Gasteiger partial charge in [0.15, 0.2) is 0 Å². The number of carbonyl (C=O) groups excluding carboxylic acids is 1. The summed E-state index contributed by atoms with van der Waals surface area (Å²) in [6, 6.07) is 4.63. The van der Waals surface area contributed by atoms with E-state index in [1.54, 1.807) is 32.9 Å². The van der Waals surface area contributed by atoms with Gasteiger partial charge >= 0.3 is 6.09 Å². The van der Waals surface area contributed by atoms with E-state index < -0.39 is 16.6 Å². The van der Waals surface area contributed by atoms with Crippen LogP contribution >= 0.6 is 15.9 Å². The average molecular weight is 388 g/mol. The maximum Gasteiger partial charge on any atom is 0.407 e. The summed E-state index contributed by atoms with van der Waals surface area (Å²) in [7, 11) is 0. The van der Waals surface area contributed by atoms with E-state index in [1.807, 2.05) is 6.92 Å². The highest BCUT2D eigenvalue weighted by molar-refractivity contribution is 9.10. The topological polar surface area (TPSA) is 93.5 Å². The number of benzene rings is 1. The Bertz CT molecular complexity index is 572. The SMILES string of the molecule is CC(CNCc1cc(Br)ccc1[N+](=O)[O-])NC(=O)OC(C)(C)C. The number of rotatable bonds is 6. The van der Waals surface area contributed by atoms with Crippen molar-refractivity contribution in [3.8, 4) is 0 Å². The molecule has 7 nitrogen and oxygen atoms in total. The van der Waals surface area contributed by atoms with Gasteiger partial charge < -0.3 is 15.4 Å². The standard InChI is InChI=1S/C15H22BrN3O4/c1-10(18-14(20)23-15(2,3)4)8-17-9-11-7-12(16)5-6-13(11)19(21)22/h5-7,10,17H,8-9H2,1-4H3,(H,18,20). The molecule has 1 atom stereocenters. The fourth-order valence-electron chi connectivity index (χ4n) is 1.86. The Labute approximate surface area is 144 Å². The number of nitro groups is 1. The van der Waals surface area contributed by atoms with Crippen LogP contribution in [0.3, 0.4) is 0 Å². The van der Waals surface area contributed by atoms with Gasteiger partial charge in [-0.3, -0.25) is 10.1 Å². The highest BCUT2D eigenvalue weighted by atomic mass is 79.9. The molecule has 8 heteroatoms. The van der Waals surface area contributed by atoms with Crippen molar-refractivity contribution in [3.63, 3.8) is 0 Å². The number of nitrogens with zero attached hydrogens (tertiary/aromatic N) is 1. The fraction of sp³-hybridized carbons (Fsp3) is 0.533. The van der Waals surface area contributed by atoms with Crippen LogP contribution < -0.4 is 10.6 Å². The smallest absolute Gasteiger partial charge is 0.407 e. The molecule has 1 aromatic carbocycles. The molecule has 0 saturated carbocycles. The van der Waals surface area contributed by atoms with Crippen LogP contribution in [-0.2, 0) is 11.3 Å². The zero-order chi connectivity index (χ0) is 17.6. The van der Waals surface area contributed by atoms with E-state index in [4.69, 9.17) is 4.74 Å². The van der Waals surface area contributed by atoms with Crippen molar-refractivity contribution in [1.29, 1.82) is 0 Å². The summed E-state index contributed by atoms with van der Waals surface area (Å²) in [5, 5.41) is 16.8. The highest BCUT2D eigenvalue weighted by Crippen LogP contribution is 2.22. The second kappa shape index (κ2) is 8.26. The van der Waals surface area contributed by atoms with Gasteiger partial charge in [0.05, 0.1) is 4.92 Å². The van der Waals surface area contributed by atoms with Gasteiger partial charge in [0.1, 0.15) is 5.60 Å². The van der Waals surface area contributed by atoms with Crippen molar-refractivity contribution < 1.29 is 14.5 Å². The summed E-state index contributed by atoms with van der Waals surface area (Å²) < 4.78 is 5.94. The van der Waals surface area contributed by atoms with E-state index in [9.17, 15) is 14.9 Å². The van der Waals surface area contributed by atoms with Gasteiger partial charge in [0.2, 0.25) is 0 Å². The molecule has 1 rings (SSSR count). The fourth-order valence-corrected chi connectivity index (χ4v) is 2.27. The molecule has 2 N–H and O–H groups in total. The minimum Gasteiger partial charge on any atom is -0.444 e. The first-order valence-electron chi connectivity index (χ1n) is 7.21. The number of nitrogens with one attached hydrogen (secondary N) is 2. The molecule has 0 spiro atoms. The third kappa shape index (κ3) is 7.43. The maximum absolute atomic E-state index is 11.6. The van der Waals surface area contributed by atoms with Crippen molar-refractivity contribution in [2.45, 2.75) is 45.9 Å². The third-order valence-corrected chi connectivity index (χ3v) is 3.26. The third-order valence-electron chi connectivity index (χ3n) is 2.77. The molecule has 0 bridgehead atoms. The van der Waals surface area contributed by atoms with Gasteiger partial charge in [-0.1, -0.05) is 15.9 Å². The van der Waals surface area contributed by atoms with Crippen molar-refractivity contribution in [3.05, 3.63) is 38.3 Å². The molecule has 1 amide bonds. The predicted octanol–water partition coefficient (Wildman–Crippen LogP) is 3.36. The summed E-state index contributed by atoms with van der Waals surface area (Å²) >= 11 is 3.30. The number of ether oxygens (including phenoxy) is 1. The van der Waals surface area contributed by atoms with E-state index in [0.717, 1.165) is 4.47 Å². The van der Waals surface area contributed by atoms with Gasteiger partial charge in [0.25, 0.3) is 5.69 Å². The molecule has 0 radical (unpaired) electrons. The second-order valence-electron chi connectivity index (χ2n) is 6.21. The molecule has 0 saturated heterocycles. The van der Waals surface area contributed by atoms with Crippen molar-refractivity contribution in [1.82, 2.24) is 10.6 Å². The highest BCUT2D eigenvalue weighted by Gasteiger charge is 2.18. The number of amides is 1. The summed E-state index contributed by atoms with van der Waals surface area (Å²) in [5.74, 6) is 0. The van der Waals surface area contributed by atoms with Gasteiger partial charge in [-0.15, -0.1) is 0 Å². The predicted molar refractivity (Wildman–Crippen MR) is 91.3 cm³/mol. The Morgan fingerprint density at radius 3 is 2.65 bits per heavy atom. The molecule has 23 heavy (non-hydrogen) atoms. The summed E-state index contributed by atoms with van der Waals surface area (Å²) in [6.07, 6.45) is -0.486. The van der Waals surface area contributed by atoms with Crippen LogP contribution in [0.25, 0.3) is 0 Å². The van der Waals surface area contributed by atoms with Crippen LogP contribution in [0, 0.1) is 10.1 Å².